The smallest absolute Gasteiger partial charge is 0.407 e. The lowest BCUT2D eigenvalue weighted by Crippen LogP contribution is -2.55. The van der Waals surface area contributed by atoms with E-state index in [-0.39, 0.29) is 17.0 Å². The molecule has 0 aromatic heterocycles. The monoisotopic (exact) mass is 200 g/mol. The van der Waals surface area contributed by atoms with Gasteiger partial charge in [-0.2, -0.15) is 0 Å². The van der Waals surface area contributed by atoms with Gasteiger partial charge in [-0.3, -0.25) is 0 Å². The second-order valence-electron chi connectivity index (χ2n) is 5.37. The van der Waals surface area contributed by atoms with Crippen molar-refractivity contribution >= 4 is 6.09 Å². The molecule has 4 nitrogen and oxygen atoms in total. The molecule has 1 heterocycles. The van der Waals surface area contributed by atoms with E-state index in [0.29, 0.717) is 6.61 Å². The van der Waals surface area contributed by atoms with Crippen LogP contribution in [0.5, 0.6) is 0 Å². The largest absolute Gasteiger partial charge is 0.449 e. The third kappa shape index (κ3) is 3.54. The Morgan fingerprint density at radius 2 is 2.07 bits per heavy atom. The van der Waals surface area contributed by atoms with Crippen LogP contribution >= 0.6 is 0 Å². The van der Waals surface area contributed by atoms with E-state index in [1.807, 2.05) is 20.8 Å². The number of carbonyl (C=O) groups excluding carboxylic acids is 1. The highest BCUT2D eigenvalue weighted by atomic mass is 16.5. The molecule has 1 saturated heterocycles. The third-order valence-electron chi connectivity index (χ3n) is 2.13. The Balaban J connectivity index is 2.21. The molecule has 0 aliphatic carbocycles. The Kier molecular flexibility index (Phi) is 3.04. The summed E-state index contributed by atoms with van der Waals surface area (Å²) in [6.45, 7) is 10.2. The second kappa shape index (κ2) is 3.77. The van der Waals surface area contributed by atoms with Crippen molar-refractivity contribution in [3.05, 3.63) is 0 Å². The van der Waals surface area contributed by atoms with Crippen LogP contribution < -0.4 is 10.6 Å². The summed E-state index contributed by atoms with van der Waals surface area (Å²) in [5, 5.41) is 5.92. The topological polar surface area (TPSA) is 50.4 Å². The summed E-state index contributed by atoms with van der Waals surface area (Å²) in [7, 11) is 0. The molecule has 14 heavy (non-hydrogen) atoms. The predicted octanol–water partition coefficient (Wildman–Crippen LogP) is 1.12. The molecule has 0 bridgehead atoms. The molecule has 1 rings (SSSR count). The number of hydrogen-bond donors (Lipinski definition) is 2. The first-order valence-corrected chi connectivity index (χ1v) is 4.96. The lowest BCUT2D eigenvalue weighted by atomic mass is 9.85. The van der Waals surface area contributed by atoms with Crippen LogP contribution in [0.2, 0.25) is 0 Å². The summed E-state index contributed by atoms with van der Waals surface area (Å²) in [5.74, 6) is 0. The van der Waals surface area contributed by atoms with Crippen molar-refractivity contribution in [3.8, 4) is 0 Å². The molecule has 1 fully saturated rings. The maximum absolute atomic E-state index is 11.3. The molecule has 4 heteroatoms. The van der Waals surface area contributed by atoms with E-state index in [4.69, 9.17) is 4.74 Å². The van der Waals surface area contributed by atoms with Gasteiger partial charge >= 0.3 is 6.09 Å². The molecule has 0 aromatic carbocycles. The first-order chi connectivity index (χ1) is 6.31. The molecule has 0 unspecified atom stereocenters. The van der Waals surface area contributed by atoms with Gasteiger partial charge in [0.1, 0.15) is 6.61 Å². The minimum Gasteiger partial charge on any atom is -0.449 e. The zero-order valence-corrected chi connectivity index (χ0v) is 9.44. The quantitative estimate of drug-likeness (QED) is 0.702. The first kappa shape index (κ1) is 11.3. The van der Waals surface area contributed by atoms with E-state index in [2.05, 4.69) is 17.6 Å². The van der Waals surface area contributed by atoms with E-state index in [1.165, 1.54) is 0 Å². The van der Waals surface area contributed by atoms with Gasteiger partial charge in [0.15, 0.2) is 0 Å². The molecule has 0 saturated carbocycles. The second-order valence-corrected chi connectivity index (χ2v) is 5.37. The van der Waals surface area contributed by atoms with Crippen molar-refractivity contribution in [2.24, 2.45) is 5.41 Å². The third-order valence-corrected chi connectivity index (χ3v) is 2.13. The highest BCUT2D eigenvalue weighted by molar-refractivity contribution is 5.68. The minimum atomic E-state index is -0.328. The van der Waals surface area contributed by atoms with Crippen molar-refractivity contribution < 1.29 is 9.53 Å². The van der Waals surface area contributed by atoms with Crippen LogP contribution in [0, 0.1) is 5.41 Å². The molecular formula is C10H20N2O2. The van der Waals surface area contributed by atoms with Gasteiger partial charge in [-0.05, 0) is 20.8 Å². The summed E-state index contributed by atoms with van der Waals surface area (Å²) in [5.41, 5.74) is -0.0922. The van der Waals surface area contributed by atoms with Crippen LogP contribution in [-0.4, -0.2) is 31.3 Å². The molecule has 0 aromatic rings. The Morgan fingerprint density at radius 1 is 1.50 bits per heavy atom. The lowest BCUT2D eigenvalue weighted by Gasteiger charge is -2.38. The number of ether oxygens (including phenoxy) is 1. The summed E-state index contributed by atoms with van der Waals surface area (Å²) in [6, 6.07) is 0. The molecule has 0 atom stereocenters. The van der Waals surface area contributed by atoms with E-state index in [1.54, 1.807) is 0 Å². The Hall–Kier alpha value is -0.770. The molecule has 0 radical (unpaired) electrons. The maximum Gasteiger partial charge on any atom is 0.407 e. The van der Waals surface area contributed by atoms with Crippen LogP contribution in [0.15, 0.2) is 0 Å². The Labute approximate surface area is 85.4 Å². The minimum absolute atomic E-state index is 0.134. The Morgan fingerprint density at radius 3 is 2.43 bits per heavy atom. The standard InChI is InChI=1S/C10H20N2O2/c1-9(2,3)12-8(13)14-7-10(4)5-11-6-10/h11H,5-7H2,1-4H3,(H,12,13). The zero-order valence-electron chi connectivity index (χ0n) is 9.44. The van der Waals surface area contributed by atoms with Gasteiger partial charge in [-0.15, -0.1) is 0 Å². The number of rotatable bonds is 2. The SMILES string of the molecule is CC1(COC(=O)NC(C)(C)C)CNC1. The summed E-state index contributed by atoms with van der Waals surface area (Å²) >= 11 is 0. The number of nitrogens with one attached hydrogen (secondary N) is 2. The number of carbonyl (C=O) groups is 1. The average Bonchev–Trinajstić information content (AvgIpc) is 1.94. The van der Waals surface area contributed by atoms with Crippen LogP contribution in [0.1, 0.15) is 27.7 Å². The fourth-order valence-corrected chi connectivity index (χ4v) is 1.24. The molecule has 2 N–H and O–H groups in total. The van der Waals surface area contributed by atoms with Crippen LogP contribution in [0.4, 0.5) is 4.79 Å². The van der Waals surface area contributed by atoms with Gasteiger partial charge in [-0.1, -0.05) is 6.92 Å². The van der Waals surface area contributed by atoms with Crippen molar-refractivity contribution in [1.82, 2.24) is 10.6 Å². The molecule has 1 aliphatic rings. The van der Waals surface area contributed by atoms with Crippen LogP contribution in [-0.2, 0) is 4.74 Å². The highest BCUT2D eigenvalue weighted by Crippen LogP contribution is 2.21. The highest BCUT2D eigenvalue weighted by Gasteiger charge is 2.33. The van der Waals surface area contributed by atoms with Crippen molar-refractivity contribution in [2.75, 3.05) is 19.7 Å². The van der Waals surface area contributed by atoms with Gasteiger partial charge in [-0.25, -0.2) is 4.79 Å². The normalized spacial score (nSPS) is 19.7. The first-order valence-electron chi connectivity index (χ1n) is 4.96. The summed E-state index contributed by atoms with van der Waals surface area (Å²) in [4.78, 5) is 11.3. The summed E-state index contributed by atoms with van der Waals surface area (Å²) < 4.78 is 5.13. The zero-order chi connectivity index (χ0) is 10.8. The van der Waals surface area contributed by atoms with Crippen molar-refractivity contribution in [3.63, 3.8) is 0 Å². The Bertz CT molecular complexity index is 217. The number of alkyl carbamates (subject to hydrolysis) is 1. The van der Waals surface area contributed by atoms with E-state index >= 15 is 0 Å². The molecular weight excluding hydrogens is 180 g/mol. The van der Waals surface area contributed by atoms with Crippen LogP contribution in [0.25, 0.3) is 0 Å². The van der Waals surface area contributed by atoms with Gasteiger partial charge < -0.3 is 15.4 Å². The van der Waals surface area contributed by atoms with Gasteiger partial charge in [0.05, 0.1) is 0 Å². The van der Waals surface area contributed by atoms with E-state index in [9.17, 15) is 4.79 Å². The lowest BCUT2D eigenvalue weighted by molar-refractivity contribution is 0.0553. The fourth-order valence-electron chi connectivity index (χ4n) is 1.24. The average molecular weight is 200 g/mol. The van der Waals surface area contributed by atoms with Gasteiger partial charge in [0.25, 0.3) is 0 Å². The molecule has 1 amide bonds. The maximum atomic E-state index is 11.3. The van der Waals surface area contributed by atoms with Gasteiger partial charge in [0.2, 0.25) is 0 Å². The number of amides is 1. The summed E-state index contributed by atoms with van der Waals surface area (Å²) in [6.07, 6.45) is -0.328. The van der Waals surface area contributed by atoms with Crippen LogP contribution in [0.3, 0.4) is 0 Å². The van der Waals surface area contributed by atoms with Crippen molar-refractivity contribution in [2.45, 2.75) is 33.2 Å². The van der Waals surface area contributed by atoms with E-state index < -0.39 is 0 Å². The molecule has 0 spiro atoms. The fraction of sp³-hybridized carbons (Fsp3) is 0.900. The van der Waals surface area contributed by atoms with Gasteiger partial charge in [0, 0.05) is 24.0 Å². The molecule has 1 aliphatic heterocycles. The molecule has 82 valence electrons. The number of hydrogen-bond acceptors (Lipinski definition) is 3. The van der Waals surface area contributed by atoms with E-state index in [0.717, 1.165) is 13.1 Å². The van der Waals surface area contributed by atoms with Crippen molar-refractivity contribution in [1.29, 1.82) is 0 Å². The predicted molar refractivity (Wildman–Crippen MR) is 55.2 cm³/mol.